The molecule has 0 radical (unpaired) electrons. The first-order valence-corrected chi connectivity index (χ1v) is 8.00. The molecule has 2 aliphatic carbocycles. The minimum Gasteiger partial charge on any atom is -0.494 e. The van der Waals surface area contributed by atoms with E-state index in [9.17, 15) is 5.11 Å². The Morgan fingerprint density at radius 3 is 2.89 bits per heavy atom. The third kappa shape index (κ3) is 2.68. The summed E-state index contributed by atoms with van der Waals surface area (Å²) < 4.78 is 6.89. The van der Waals surface area contributed by atoms with Crippen LogP contribution in [0.4, 0.5) is 0 Å². The van der Waals surface area contributed by atoms with E-state index in [2.05, 4.69) is 15.9 Å². The van der Waals surface area contributed by atoms with Crippen LogP contribution in [0.1, 0.15) is 32.1 Å². The van der Waals surface area contributed by atoms with E-state index in [1.54, 1.807) is 0 Å². The molecule has 0 aromatic heterocycles. The molecular formula is C16H21BrO2. The highest BCUT2D eigenvalue weighted by Gasteiger charge is 2.50. The summed E-state index contributed by atoms with van der Waals surface area (Å²) in [4.78, 5) is 0. The molecule has 3 unspecified atom stereocenters. The van der Waals surface area contributed by atoms with Crippen molar-refractivity contribution in [3.05, 3.63) is 28.7 Å². The van der Waals surface area contributed by atoms with Crippen LogP contribution in [0.15, 0.2) is 28.7 Å². The Labute approximate surface area is 123 Å². The van der Waals surface area contributed by atoms with Crippen LogP contribution in [-0.2, 0) is 0 Å². The van der Waals surface area contributed by atoms with Gasteiger partial charge in [-0.25, -0.2) is 0 Å². The van der Waals surface area contributed by atoms with Gasteiger partial charge in [0, 0.05) is 11.1 Å². The van der Waals surface area contributed by atoms with Crippen molar-refractivity contribution in [1.29, 1.82) is 0 Å². The number of halogens is 1. The maximum atomic E-state index is 9.82. The van der Waals surface area contributed by atoms with E-state index >= 15 is 0 Å². The van der Waals surface area contributed by atoms with Gasteiger partial charge in [0.15, 0.2) is 0 Å². The van der Waals surface area contributed by atoms with Gasteiger partial charge < -0.3 is 9.84 Å². The second-order valence-corrected chi connectivity index (χ2v) is 7.07. The molecular weight excluding hydrogens is 304 g/mol. The molecule has 19 heavy (non-hydrogen) atoms. The Morgan fingerprint density at radius 1 is 1.37 bits per heavy atom. The van der Waals surface area contributed by atoms with Gasteiger partial charge >= 0.3 is 0 Å². The Bertz CT molecular complexity index is 448. The number of fused-ring (bicyclic) bond motifs is 2. The van der Waals surface area contributed by atoms with Gasteiger partial charge in [-0.1, -0.05) is 28.4 Å². The average Bonchev–Trinajstić information content (AvgIpc) is 3.00. The fourth-order valence-corrected chi connectivity index (χ4v) is 4.44. The predicted molar refractivity (Wildman–Crippen MR) is 79.2 cm³/mol. The molecule has 1 N–H and O–H groups in total. The van der Waals surface area contributed by atoms with Gasteiger partial charge in [0.2, 0.25) is 0 Å². The van der Waals surface area contributed by atoms with Crippen LogP contribution < -0.4 is 4.74 Å². The van der Waals surface area contributed by atoms with Crippen molar-refractivity contribution in [1.82, 2.24) is 0 Å². The molecule has 2 aliphatic rings. The van der Waals surface area contributed by atoms with Gasteiger partial charge in [-0.15, -0.1) is 0 Å². The maximum Gasteiger partial charge on any atom is 0.120 e. The second-order valence-electron chi connectivity index (χ2n) is 6.16. The fourth-order valence-electron chi connectivity index (χ4n) is 4.07. The molecule has 0 heterocycles. The predicted octanol–water partition coefficient (Wildman–Crippen LogP) is 4.02. The van der Waals surface area contributed by atoms with Crippen LogP contribution >= 0.6 is 15.9 Å². The topological polar surface area (TPSA) is 29.5 Å². The van der Waals surface area contributed by atoms with Crippen LogP contribution in [0.2, 0.25) is 0 Å². The Balaban J connectivity index is 1.57. The lowest BCUT2D eigenvalue weighted by molar-refractivity contribution is 0.0425. The summed E-state index contributed by atoms with van der Waals surface area (Å²) in [6, 6.07) is 7.96. The molecule has 0 spiro atoms. The third-order valence-electron chi connectivity index (χ3n) is 5.08. The van der Waals surface area contributed by atoms with E-state index < -0.39 is 0 Å². The van der Waals surface area contributed by atoms with E-state index in [1.807, 2.05) is 24.3 Å². The van der Waals surface area contributed by atoms with Crippen molar-refractivity contribution in [3.63, 3.8) is 0 Å². The fraction of sp³-hybridized carbons (Fsp3) is 0.625. The summed E-state index contributed by atoms with van der Waals surface area (Å²) in [6.07, 6.45) is 6.20. The summed E-state index contributed by atoms with van der Waals surface area (Å²) in [6.45, 7) is 1.04. The Hall–Kier alpha value is -0.540. The normalized spacial score (nSPS) is 32.7. The number of aliphatic hydroxyl groups is 1. The molecule has 3 rings (SSSR count). The van der Waals surface area contributed by atoms with Gasteiger partial charge in [0.05, 0.1) is 6.61 Å². The number of rotatable bonds is 5. The first-order valence-electron chi connectivity index (χ1n) is 7.21. The number of hydrogen-bond acceptors (Lipinski definition) is 2. The lowest BCUT2D eigenvalue weighted by Gasteiger charge is -2.36. The quantitative estimate of drug-likeness (QED) is 0.886. The molecule has 104 valence electrons. The average molecular weight is 325 g/mol. The first kappa shape index (κ1) is 13.4. The van der Waals surface area contributed by atoms with Crippen molar-refractivity contribution >= 4 is 15.9 Å². The zero-order valence-electron chi connectivity index (χ0n) is 11.1. The molecule has 2 nitrogen and oxygen atoms in total. The summed E-state index contributed by atoms with van der Waals surface area (Å²) >= 11 is 3.45. The molecule has 3 atom stereocenters. The monoisotopic (exact) mass is 324 g/mol. The SMILES string of the molecule is OCC1(CCOc2cccc(Br)c2)CC2CCC1C2. The zero-order valence-corrected chi connectivity index (χ0v) is 12.7. The van der Waals surface area contributed by atoms with Gasteiger partial charge in [-0.3, -0.25) is 0 Å². The largest absolute Gasteiger partial charge is 0.494 e. The molecule has 2 bridgehead atoms. The Kier molecular flexibility index (Phi) is 3.86. The summed E-state index contributed by atoms with van der Waals surface area (Å²) in [5.41, 5.74) is 0.148. The molecule has 3 heteroatoms. The molecule has 0 saturated heterocycles. The van der Waals surface area contributed by atoms with Crippen molar-refractivity contribution < 1.29 is 9.84 Å². The highest BCUT2D eigenvalue weighted by Crippen LogP contribution is 2.57. The molecule has 1 aromatic carbocycles. The second kappa shape index (κ2) is 5.45. The van der Waals surface area contributed by atoms with E-state index in [1.165, 1.54) is 25.7 Å². The minimum absolute atomic E-state index is 0.148. The molecule has 1 aromatic rings. The van der Waals surface area contributed by atoms with Crippen molar-refractivity contribution in [2.45, 2.75) is 32.1 Å². The van der Waals surface area contributed by atoms with E-state index in [4.69, 9.17) is 4.74 Å². The Morgan fingerprint density at radius 2 is 2.26 bits per heavy atom. The smallest absolute Gasteiger partial charge is 0.120 e. The van der Waals surface area contributed by atoms with Crippen LogP contribution in [-0.4, -0.2) is 18.3 Å². The minimum atomic E-state index is 0.148. The summed E-state index contributed by atoms with van der Waals surface area (Å²) in [5.74, 6) is 2.50. The maximum absolute atomic E-state index is 9.82. The lowest BCUT2D eigenvalue weighted by atomic mass is 9.71. The molecule has 0 aliphatic heterocycles. The summed E-state index contributed by atoms with van der Waals surface area (Å²) in [5, 5.41) is 9.82. The number of aliphatic hydroxyl groups excluding tert-OH is 1. The van der Waals surface area contributed by atoms with Crippen molar-refractivity contribution in [3.8, 4) is 5.75 Å². The van der Waals surface area contributed by atoms with Gasteiger partial charge in [0.25, 0.3) is 0 Å². The molecule has 2 fully saturated rings. The van der Waals surface area contributed by atoms with E-state index in [0.29, 0.717) is 13.2 Å². The highest BCUT2D eigenvalue weighted by molar-refractivity contribution is 9.10. The number of hydrogen-bond donors (Lipinski definition) is 1. The van der Waals surface area contributed by atoms with Crippen LogP contribution in [0.3, 0.4) is 0 Å². The van der Waals surface area contributed by atoms with Crippen molar-refractivity contribution in [2.75, 3.05) is 13.2 Å². The molecule has 0 amide bonds. The lowest BCUT2D eigenvalue weighted by Crippen LogP contribution is -2.33. The van der Waals surface area contributed by atoms with Crippen LogP contribution in [0, 0.1) is 17.3 Å². The first-order chi connectivity index (χ1) is 9.22. The van der Waals surface area contributed by atoms with Gasteiger partial charge in [-0.05, 0) is 61.1 Å². The van der Waals surface area contributed by atoms with E-state index in [-0.39, 0.29) is 5.41 Å². The van der Waals surface area contributed by atoms with Crippen LogP contribution in [0.5, 0.6) is 5.75 Å². The zero-order chi connectivity index (χ0) is 13.3. The highest BCUT2D eigenvalue weighted by atomic mass is 79.9. The van der Waals surface area contributed by atoms with Gasteiger partial charge in [0.1, 0.15) is 5.75 Å². The van der Waals surface area contributed by atoms with Gasteiger partial charge in [-0.2, -0.15) is 0 Å². The van der Waals surface area contributed by atoms with E-state index in [0.717, 1.165) is 28.5 Å². The number of benzene rings is 1. The third-order valence-corrected chi connectivity index (χ3v) is 5.58. The van der Waals surface area contributed by atoms with Crippen molar-refractivity contribution in [2.24, 2.45) is 17.3 Å². The molecule has 2 saturated carbocycles. The summed E-state index contributed by atoms with van der Waals surface area (Å²) in [7, 11) is 0. The number of ether oxygens (including phenoxy) is 1. The standard InChI is InChI=1S/C16H21BrO2/c17-14-2-1-3-15(9-14)19-7-6-16(11-18)10-12-4-5-13(16)8-12/h1-3,9,12-13,18H,4-8,10-11H2. The van der Waals surface area contributed by atoms with Crippen LogP contribution in [0.25, 0.3) is 0 Å².